The molecule has 0 fully saturated rings. The molecule has 52 valence electrons. The van der Waals surface area contributed by atoms with Crippen molar-refractivity contribution in [1.29, 1.82) is 0 Å². The second-order valence-electron chi connectivity index (χ2n) is 1.12. The Kier molecular flexibility index (Phi) is 6.21. The molecule has 5 nitrogen and oxygen atoms in total. The molecule has 10 heavy (non-hydrogen) atoms. The molecular weight excluding hydrogens is 169 g/mol. The molecule has 1 N–H and O–H groups in total. The molecule has 0 rings (SSSR count). The molecule has 7 heteroatoms. The van der Waals surface area contributed by atoms with Crippen LogP contribution in [0.25, 0.3) is 0 Å². The topological polar surface area (TPSA) is 86.3 Å². The second-order valence-corrected chi connectivity index (χ2v) is 2.24. The summed E-state index contributed by atoms with van der Waals surface area (Å²) in [5.74, 6) is -1.02. The van der Waals surface area contributed by atoms with Gasteiger partial charge in [0.05, 0.1) is 0 Å². The molecule has 0 atom stereocenters. The van der Waals surface area contributed by atoms with E-state index in [1.807, 2.05) is 0 Å². The van der Waals surface area contributed by atoms with Gasteiger partial charge in [-0.25, -0.2) is 8.42 Å². The third-order valence-electron chi connectivity index (χ3n) is 0.411. The molecular formula is C3H4NNaO4S. The number of nitrogens with one attached hydrogen (secondary N) is 1. The van der Waals surface area contributed by atoms with Crippen LogP contribution in [0, 0.1) is 0 Å². The summed E-state index contributed by atoms with van der Waals surface area (Å²) in [6.07, 6.45) is 0.690. The third kappa shape index (κ3) is 8.12. The zero-order valence-electron chi connectivity index (χ0n) is 5.33. The molecule has 0 aliphatic rings. The standard InChI is InChI=1S/C3H5NO4S.Na/c1-2-3(5)4-9(6,7)8;/h2H,1H2,(H,4,5)(H,6,7,8);/q;+1/p-1. The normalized spacial score (nSPS) is 9.30. The van der Waals surface area contributed by atoms with Crippen molar-refractivity contribution in [2.75, 3.05) is 0 Å². The van der Waals surface area contributed by atoms with E-state index >= 15 is 0 Å². The Bertz CT molecular complexity index is 221. The van der Waals surface area contributed by atoms with Crippen LogP contribution in [0.2, 0.25) is 0 Å². The first-order valence-electron chi connectivity index (χ1n) is 1.86. The van der Waals surface area contributed by atoms with E-state index in [4.69, 9.17) is 0 Å². The largest absolute Gasteiger partial charge is 1.00 e. The predicted octanol–water partition coefficient (Wildman–Crippen LogP) is -4.25. The van der Waals surface area contributed by atoms with Crippen molar-refractivity contribution in [2.24, 2.45) is 0 Å². The third-order valence-corrected chi connectivity index (χ3v) is 0.862. The predicted molar refractivity (Wildman–Crippen MR) is 28.0 cm³/mol. The van der Waals surface area contributed by atoms with Gasteiger partial charge < -0.3 is 4.55 Å². The van der Waals surface area contributed by atoms with Gasteiger partial charge in [0.1, 0.15) is 0 Å². The van der Waals surface area contributed by atoms with Crippen LogP contribution in [0.1, 0.15) is 0 Å². The molecule has 0 aliphatic heterocycles. The van der Waals surface area contributed by atoms with Crippen molar-refractivity contribution >= 4 is 16.2 Å². The summed E-state index contributed by atoms with van der Waals surface area (Å²) >= 11 is 0. The summed E-state index contributed by atoms with van der Waals surface area (Å²) < 4.78 is 30.1. The van der Waals surface area contributed by atoms with Crippen molar-refractivity contribution in [3.63, 3.8) is 0 Å². The Morgan fingerprint density at radius 1 is 1.60 bits per heavy atom. The van der Waals surface area contributed by atoms with Gasteiger partial charge in [0.25, 0.3) is 5.91 Å². The van der Waals surface area contributed by atoms with E-state index in [9.17, 15) is 17.8 Å². The summed E-state index contributed by atoms with van der Waals surface area (Å²) in [5.41, 5.74) is 0. The quantitative estimate of drug-likeness (QED) is 0.260. The van der Waals surface area contributed by atoms with Crippen molar-refractivity contribution in [1.82, 2.24) is 4.72 Å². The SMILES string of the molecule is C=CC(=O)NS(=O)(=O)[O-].[Na+]. The summed E-state index contributed by atoms with van der Waals surface area (Å²) in [6.45, 7) is 2.93. The van der Waals surface area contributed by atoms with Crippen LogP contribution in [-0.4, -0.2) is 18.9 Å². The first-order chi connectivity index (χ1) is 3.95. The molecule has 0 aromatic rings. The molecule has 0 saturated heterocycles. The molecule has 0 heterocycles. The molecule has 0 aromatic heterocycles. The van der Waals surface area contributed by atoms with Crippen molar-refractivity contribution in [2.45, 2.75) is 0 Å². The Hall–Kier alpha value is 0.120. The van der Waals surface area contributed by atoms with E-state index < -0.39 is 16.2 Å². The van der Waals surface area contributed by atoms with Gasteiger partial charge in [0.15, 0.2) is 10.3 Å². The average molecular weight is 173 g/mol. The van der Waals surface area contributed by atoms with Gasteiger partial charge in [-0.3, -0.25) is 9.52 Å². The van der Waals surface area contributed by atoms with Gasteiger partial charge >= 0.3 is 29.6 Å². The van der Waals surface area contributed by atoms with Gasteiger partial charge in [0.2, 0.25) is 0 Å². The van der Waals surface area contributed by atoms with Gasteiger partial charge in [-0.05, 0) is 6.08 Å². The first-order valence-corrected chi connectivity index (χ1v) is 3.26. The van der Waals surface area contributed by atoms with Gasteiger partial charge in [-0.15, -0.1) is 0 Å². The molecule has 0 unspecified atom stereocenters. The number of hydrogen-bond donors (Lipinski definition) is 1. The number of rotatable bonds is 2. The maximum Gasteiger partial charge on any atom is 1.00 e. The Morgan fingerprint density at radius 2 is 2.00 bits per heavy atom. The van der Waals surface area contributed by atoms with Crippen LogP contribution in [0.4, 0.5) is 0 Å². The van der Waals surface area contributed by atoms with Gasteiger partial charge in [-0.1, -0.05) is 6.58 Å². The monoisotopic (exact) mass is 173 g/mol. The van der Waals surface area contributed by atoms with Crippen molar-refractivity contribution < 1.29 is 47.3 Å². The molecule has 0 aliphatic carbocycles. The van der Waals surface area contributed by atoms with Gasteiger partial charge in [0, 0.05) is 0 Å². The Balaban J connectivity index is 0. The minimum absolute atomic E-state index is 0. The molecule has 0 saturated carbocycles. The zero-order chi connectivity index (χ0) is 7.49. The number of carbonyl (C=O) groups excluding carboxylic acids is 1. The van der Waals surface area contributed by atoms with Gasteiger partial charge in [-0.2, -0.15) is 0 Å². The van der Waals surface area contributed by atoms with Crippen LogP contribution >= 0.6 is 0 Å². The van der Waals surface area contributed by atoms with Crippen LogP contribution in [0.3, 0.4) is 0 Å². The molecule has 0 spiro atoms. The average Bonchev–Trinajstić information content (AvgIpc) is 1.62. The zero-order valence-corrected chi connectivity index (χ0v) is 8.14. The fourth-order valence-electron chi connectivity index (χ4n) is 0.165. The Morgan fingerprint density at radius 3 is 2.10 bits per heavy atom. The second kappa shape index (κ2) is 4.86. The van der Waals surface area contributed by atoms with E-state index in [-0.39, 0.29) is 29.6 Å². The van der Waals surface area contributed by atoms with E-state index in [2.05, 4.69) is 6.58 Å². The summed E-state index contributed by atoms with van der Waals surface area (Å²) in [5, 5.41) is 0. The molecule has 0 bridgehead atoms. The minimum Gasteiger partial charge on any atom is -0.731 e. The van der Waals surface area contributed by atoms with Crippen LogP contribution in [-0.2, 0) is 15.1 Å². The van der Waals surface area contributed by atoms with Crippen molar-refractivity contribution in [3.05, 3.63) is 12.7 Å². The molecule has 0 radical (unpaired) electrons. The van der Waals surface area contributed by atoms with Crippen LogP contribution in [0.5, 0.6) is 0 Å². The summed E-state index contributed by atoms with van der Waals surface area (Å²) in [4.78, 5) is 10.0. The van der Waals surface area contributed by atoms with E-state index in [0.717, 1.165) is 4.72 Å². The van der Waals surface area contributed by atoms with E-state index in [1.54, 1.807) is 0 Å². The first kappa shape index (κ1) is 12.8. The van der Waals surface area contributed by atoms with Crippen LogP contribution < -0.4 is 34.3 Å². The molecule has 0 aromatic carbocycles. The molecule has 1 amide bonds. The summed E-state index contributed by atoms with van der Waals surface area (Å²) in [7, 11) is -4.66. The number of hydrogen-bond acceptors (Lipinski definition) is 4. The minimum atomic E-state index is -4.66. The fraction of sp³-hybridized carbons (Fsp3) is 0. The number of carbonyl (C=O) groups is 1. The summed E-state index contributed by atoms with van der Waals surface area (Å²) in [6, 6.07) is 0. The smallest absolute Gasteiger partial charge is 0.731 e. The maximum atomic E-state index is 10.0. The van der Waals surface area contributed by atoms with E-state index in [1.165, 1.54) is 0 Å². The number of amides is 1. The van der Waals surface area contributed by atoms with Crippen molar-refractivity contribution in [3.8, 4) is 0 Å². The fourth-order valence-corrected chi connectivity index (χ4v) is 0.495. The Labute approximate surface area is 80.7 Å². The van der Waals surface area contributed by atoms with E-state index in [0.29, 0.717) is 6.08 Å². The maximum absolute atomic E-state index is 10.0. The van der Waals surface area contributed by atoms with Crippen LogP contribution in [0.15, 0.2) is 12.7 Å².